The summed E-state index contributed by atoms with van der Waals surface area (Å²) in [7, 11) is 0. The summed E-state index contributed by atoms with van der Waals surface area (Å²) >= 11 is 0. The molecule has 0 radical (unpaired) electrons. The molecule has 1 aromatic rings. The van der Waals surface area contributed by atoms with Crippen LogP contribution in [0.3, 0.4) is 0 Å². The van der Waals surface area contributed by atoms with Gasteiger partial charge in [-0.2, -0.15) is 0 Å². The Hall–Kier alpha value is -1.63. The van der Waals surface area contributed by atoms with Crippen molar-refractivity contribution in [1.82, 2.24) is 0 Å². The summed E-state index contributed by atoms with van der Waals surface area (Å²) in [6.07, 6.45) is 15.8. The van der Waals surface area contributed by atoms with Crippen LogP contribution in [0.15, 0.2) is 54.6 Å². The van der Waals surface area contributed by atoms with E-state index in [1.165, 1.54) is 31.2 Å². The second kappa shape index (κ2) is 8.12. The van der Waals surface area contributed by atoms with Gasteiger partial charge in [0, 0.05) is 5.92 Å². The highest BCUT2D eigenvalue weighted by Crippen LogP contribution is 2.36. The van der Waals surface area contributed by atoms with E-state index >= 15 is 0 Å². The molecular weight excluding hydrogens is 268 g/mol. The highest BCUT2D eigenvalue weighted by Gasteiger charge is 2.31. The monoisotopic (exact) mass is 296 g/mol. The fourth-order valence-corrected chi connectivity index (χ4v) is 3.17. The van der Waals surface area contributed by atoms with Crippen molar-refractivity contribution in [3.63, 3.8) is 0 Å². The topological polar surface area (TPSA) is 17.1 Å². The fraction of sp³-hybridized carbons (Fsp3) is 0.476. The summed E-state index contributed by atoms with van der Waals surface area (Å²) in [6.45, 7) is 3.96. The van der Waals surface area contributed by atoms with E-state index in [-0.39, 0.29) is 11.2 Å². The van der Waals surface area contributed by atoms with E-state index in [1.807, 2.05) is 6.07 Å². The van der Waals surface area contributed by atoms with E-state index in [1.54, 1.807) is 6.92 Å². The van der Waals surface area contributed by atoms with Crippen LogP contribution < -0.4 is 0 Å². The van der Waals surface area contributed by atoms with Crippen molar-refractivity contribution in [3.05, 3.63) is 60.2 Å². The molecule has 0 saturated carbocycles. The highest BCUT2D eigenvalue weighted by atomic mass is 16.1. The lowest BCUT2D eigenvalue weighted by Gasteiger charge is -2.29. The van der Waals surface area contributed by atoms with Gasteiger partial charge in [-0.15, -0.1) is 0 Å². The maximum absolute atomic E-state index is 12.2. The summed E-state index contributed by atoms with van der Waals surface area (Å²) < 4.78 is 0. The molecule has 0 N–H and O–H groups in total. The van der Waals surface area contributed by atoms with E-state index in [4.69, 9.17) is 0 Å². The molecular formula is C21H28O. The first-order chi connectivity index (χ1) is 10.7. The molecule has 1 aliphatic rings. The minimum Gasteiger partial charge on any atom is -0.299 e. The highest BCUT2D eigenvalue weighted by molar-refractivity contribution is 5.87. The third-order valence-electron chi connectivity index (χ3n) is 4.74. The Balaban J connectivity index is 1.99. The zero-order chi connectivity index (χ0) is 15.8. The van der Waals surface area contributed by atoms with Crippen LogP contribution in [0.25, 0.3) is 0 Å². The number of carbonyl (C=O) groups is 1. The van der Waals surface area contributed by atoms with Crippen molar-refractivity contribution >= 4 is 5.78 Å². The van der Waals surface area contributed by atoms with Crippen molar-refractivity contribution in [3.8, 4) is 0 Å². The standard InChI is InChI=1S/C21H28O/c1-3-4-5-6-10-15-21(18(2)22)16-13-20(14-17-21)19-11-8-7-9-12-19/h7-9,11-14,16-17,20H,3-6,10,15H2,1-2H3. The lowest BCUT2D eigenvalue weighted by atomic mass is 9.74. The van der Waals surface area contributed by atoms with Crippen molar-refractivity contribution < 1.29 is 4.79 Å². The van der Waals surface area contributed by atoms with Gasteiger partial charge in [-0.3, -0.25) is 4.79 Å². The molecule has 2 rings (SSSR count). The van der Waals surface area contributed by atoms with Crippen LogP contribution in [-0.4, -0.2) is 5.78 Å². The quantitative estimate of drug-likeness (QED) is 0.435. The van der Waals surface area contributed by atoms with Gasteiger partial charge in [-0.25, -0.2) is 0 Å². The number of Topliss-reactive ketones (excluding diaryl/α,β-unsaturated/α-hetero) is 1. The van der Waals surface area contributed by atoms with Gasteiger partial charge in [0.25, 0.3) is 0 Å². The second-order valence-electron chi connectivity index (χ2n) is 6.42. The van der Waals surface area contributed by atoms with Gasteiger partial charge in [0.2, 0.25) is 0 Å². The van der Waals surface area contributed by atoms with Crippen LogP contribution in [0, 0.1) is 5.41 Å². The molecule has 0 bridgehead atoms. The minimum atomic E-state index is -0.364. The molecule has 1 aromatic carbocycles. The molecule has 1 aliphatic carbocycles. The second-order valence-corrected chi connectivity index (χ2v) is 6.42. The number of hydrogen-bond donors (Lipinski definition) is 0. The predicted molar refractivity (Wildman–Crippen MR) is 94.0 cm³/mol. The Labute approximate surface area is 135 Å². The first kappa shape index (κ1) is 16.7. The third-order valence-corrected chi connectivity index (χ3v) is 4.74. The van der Waals surface area contributed by atoms with E-state index in [9.17, 15) is 4.79 Å². The number of unbranched alkanes of at least 4 members (excludes halogenated alkanes) is 4. The maximum atomic E-state index is 12.2. The van der Waals surface area contributed by atoms with Gasteiger partial charge < -0.3 is 0 Å². The Morgan fingerprint density at radius 1 is 1.00 bits per heavy atom. The molecule has 1 heteroatoms. The lowest BCUT2D eigenvalue weighted by molar-refractivity contribution is -0.122. The molecule has 118 valence electrons. The van der Waals surface area contributed by atoms with Crippen LogP contribution in [0.1, 0.15) is 63.9 Å². The van der Waals surface area contributed by atoms with Crippen LogP contribution >= 0.6 is 0 Å². The first-order valence-corrected chi connectivity index (χ1v) is 8.62. The van der Waals surface area contributed by atoms with E-state index in [2.05, 4.69) is 55.5 Å². The Morgan fingerprint density at radius 3 is 2.23 bits per heavy atom. The average molecular weight is 296 g/mol. The summed E-state index contributed by atoms with van der Waals surface area (Å²) in [5.74, 6) is 0.566. The van der Waals surface area contributed by atoms with Gasteiger partial charge in [0.05, 0.1) is 5.41 Å². The fourth-order valence-electron chi connectivity index (χ4n) is 3.17. The predicted octanol–water partition coefficient (Wildman–Crippen LogP) is 5.83. The maximum Gasteiger partial charge on any atom is 0.143 e. The molecule has 0 unspecified atom stereocenters. The van der Waals surface area contributed by atoms with E-state index in [0.717, 1.165) is 12.8 Å². The van der Waals surface area contributed by atoms with Crippen molar-refractivity contribution in [2.24, 2.45) is 5.41 Å². The van der Waals surface area contributed by atoms with Gasteiger partial charge >= 0.3 is 0 Å². The molecule has 22 heavy (non-hydrogen) atoms. The number of hydrogen-bond acceptors (Lipinski definition) is 1. The Bertz CT molecular complexity index is 510. The lowest BCUT2D eigenvalue weighted by Crippen LogP contribution is -2.26. The largest absolute Gasteiger partial charge is 0.299 e. The van der Waals surface area contributed by atoms with Crippen molar-refractivity contribution in [1.29, 1.82) is 0 Å². The first-order valence-electron chi connectivity index (χ1n) is 8.62. The summed E-state index contributed by atoms with van der Waals surface area (Å²) in [5, 5.41) is 0. The van der Waals surface area contributed by atoms with Crippen molar-refractivity contribution in [2.75, 3.05) is 0 Å². The zero-order valence-electron chi connectivity index (χ0n) is 13.9. The molecule has 0 amide bonds. The van der Waals surface area contributed by atoms with Gasteiger partial charge in [-0.1, -0.05) is 93.7 Å². The zero-order valence-corrected chi connectivity index (χ0v) is 13.9. The molecule has 0 atom stereocenters. The van der Waals surface area contributed by atoms with Gasteiger partial charge in [-0.05, 0) is 18.9 Å². The SMILES string of the molecule is CCCCCCCC1(C(C)=O)C=CC(c2ccccc2)C=C1. The van der Waals surface area contributed by atoms with Gasteiger partial charge in [0.1, 0.15) is 5.78 Å². The normalized spacial score (nSPS) is 23.6. The summed E-state index contributed by atoms with van der Waals surface area (Å²) in [6, 6.07) is 10.5. The number of allylic oxidation sites excluding steroid dienone is 4. The molecule has 0 aromatic heterocycles. The molecule has 0 spiro atoms. The molecule has 0 saturated heterocycles. The van der Waals surface area contributed by atoms with E-state index < -0.39 is 0 Å². The minimum absolute atomic E-state index is 0.266. The van der Waals surface area contributed by atoms with Crippen LogP contribution in [0.5, 0.6) is 0 Å². The average Bonchev–Trinajstić information content (AvgIpc) is 2.56. The summed E-state index contributed by atoms with van der Waals surface area (Å²) in [5.41, 5.74) is 0.924. The third kappa shape index (κ3) is 4.19. The summed E-state index contributed by atoms with van der Waals surface area (Å²) in [4.78, 5) is 12.2. The van der Waals surface area contributed by atoms with Gasteiger partial charge in [0.15, 0.2) is 0 Å². The van der Waals surface area contributed by atoms with Crippen LogP contribution in [0.2, 0.25) is 0 Å². The smallest absolute Gasteiger partial charge is 0.143 e. The number of benzene rings is 1. The van der Waals surface area contributed by atoms with Crippen LogP contribution in [0.4, 0.5) is 0 Å². The van der Waals surface area contributed by atoms with Crippen LogP contribution in [-0.2, 0) is 4.79 Å². The number of rotatable bonds is 8. The molecule has 1 nitrogen and oxygen atoms in total. The number of carbonyl (C=O) groups excluding carboxylic acids is 1. The Kier molecular flexibility index (Phi) is 6.18. The van der Waals surface area contributed by atoms with E-state index in [0.29, 0.717) is 5.92 Å². The molecule has 0 heterocycles. The number of ketones is 1. The Morgan fingerprint density at radius 2 is 1.64 bits per heavy atom. The molecule has 0 fully saturated rings. The molecule has 0 aliphatic heterocycles. The van der Waals surface area contributed by atoms with Crippen molar-refractivity contribution in [2.45, 2.75) is 58.3 Å².